The zero-order chi connectivity index (χ0) is 11.3. The van der Waals surface area contributed by atoms with Gasteiger partial charge in [0.2, 0.25) is 0 Å². The molecule has 1 aliphatic heterocycles. The monoisotopic (exact) mass is 212 g/mol. The maximum Gasteiger partial charge on any atom is 0.0243 e. The minimum Gasteiger partial charge on any atom is -0.315 e. The molecule has 90 valence electrons. The molecule has 0 amide bonds. The van der Waals surface area contributed by atoms with E-state index in [1.807, 2.05) is 0 Å². The number of hydrogen-bond donors (Lipinski definition) is 1. The third-order valence-corrected chi connectivity index (χ3v) is 3.47. The summed E-state index contributed by atoms with van der Waals surface area (Å²) in [6, 6.07) is 0.737. The smallest absolute Gasteiger partial charge is 0.0243 e. The van der Waals surface area contributed by atoms with Gasteiger partial charge in [0.05, 0.1) is 0 Å². The van der Waals surface area contributed by atoms with Crippen LogP contribution in [0.4, 0.5) is 0 Å². The number of hydrogen-bond acceptors (Lipinski definition) is 2. The molecule has 1 N–H and O–H groups in total. The van der Waals surface area contributed by atoms with Crippen molar-refractivity contribution in [3.8, 4) is 0 Å². The Hall–Kier alpha value is -0.0800. The summed E-state index contributed by atoms with van der Waals surface area (Å²) in [5, 5.41) is 3.57. The van der Waals surface area contributed by atoms with E-state index in [2.05, 4.69) is 37.9 Å². The van der Waals surface area contributed by atoms with Crippen LogP contribution in [0.2, 0.25) is 0 Å². The molecule has 0 bridgehead atoms. The first-order chi connectivity index (χ1) is 7.15. The second-order valence-electron chi connectivity index (χ2n) is 5.40. The Kier molecular flexibility index (Phi) is 5.62. The van der Waals surface area contributed by atoms with Crippen molar-refractivity contribution < 1.29 is 0 Å². The van der Waals surface area contributed by atoms with E-state index in [1.54, 1.807) is 0 Å². The number of nitrogens with zero attached hydrogens (tertiary/aromatic N) is 1. The van der Waals surface area contributed by atoms with Crippen molar-refractivity contribution in [3.05, 3.63) is 0 Å². The average molecular weight is 212 g/mol. The number of nitrogens with one attached hydrogen (secondary N) is 1. The summed E-state index contributed by atoms with van der Waals surface area (Å²) in [5.41, 5.74) is 0. The normalized spacial score (nSPS) is 25.0. The number of likely N-dealkylation sites (tertiary alicyclic amines) is 1. The van der Waals surface area contributed by atoms with E-state index >= 15 is 0 Å². The van der Waals surface area contributed by atoms with Gasteiger partial charge in [0.25, 0.3) is 0 Å². The quantitative estimate of drug-likeness (QED) is 0.680. The van der Waals surface area contributed by atoms with Gasteiger partial charge in [-0.2, -0.15) is 0 Å². The summed E-state index contributed by atoms with van der Waals surface area (Å²) in [6.45, 7) is 14.2. The maximum absolute atomic E-state index is 3.57. The Labute approximate surface area is 95.4 Å². The first-order valence-electron chi connectivity index (χ1n) is 6.59. The molecule has 1 aliphatic rings. The topological polar surface area (TPSA) is 15.3 Å². The fraction of sp³-hybridized carbons (Fsp3) is 1.00. The van der Waals surface area contributed by atoms with Crippen molar-refractivity contribution in [1.82, 2.24) is 10.2 Å². The van der Waals surface area contributed by atoms with Gasteiger partial charge >= 0.3 is 0 Å². The van der Waals surface area contributed by atoms with Crippen LogP contribution in [-0.4, -0.2) is 37.1 Å². The molecule has 1 rings (SSSR count). The molecule has 0 aromatic carbocycles. The molecule has 15 heavy (non-hydrogen) atoms. The van der Waals surface area contributed by atoms with E-state index in [4.69, 9.17) is 0 Å². The molecule has 0 spiro atoms. The Morgan fingerprint density at radius 1 is 1.40 bits per heavy atom. The van der Waals surface area contributed by atoms with E-state index in [-0.39, 0.29) is 0 Å². The van der Waals surface area contributed by atoms with Gasteiger partial charge in [0.1, 0.15) is 0 Å². The Balaban J connectivity index is 2.36. The number of rotatable bonds is 6. The van der Waals surface area contributed by atoms with Crippen LogP contribution in [0.25, 0.3) is 0 Å². The molecular weight excluding hydrogens is 184 g/mol. The van der Waals surface area contributed by atoms with Crippen molar-refractivity contribution in [1.29, 1.82) is 0 Å². The minimum atomic E-state index is 0.737. The highest BCUT2D eigenvalue weighted by atomic mass is 15.2. The SMILES string of the molecule is CCCNCC(C(C)C)N1CCC(C)C1. The van der Waals surface area contributed by atoms with Crippen LogP contribution in [0.1, 0.15) is 40.5 Å². The first kappa shape index (κ1) is 13.0. The van der Waals surface area contributed by atoms with Gasteiger partial charge in [0.15, 0.2) is 0 Å². The molecule has 1 fully saturated rings. The lowest BCUT2D eigenvalue weighted by Crippen LogP contribution is -2.44. The fourth-order valence-corrected chi connectivity index (χ4v) is 2.48. The second kappa shape index (κ2) is 6.49. The predicted molar refractivity (Wildman–Crippen MR) is 67.1 cm³/mol. The van der Waals surface area contributed by atoms with E-state index in [1.165, 1.54) is 25.9 Å². The first-order valence-corrected chi connectivity index (χ1v) is 6.59. The lowest BCUT2D eigenvalue weighted by molar-refractivity contribution is 0.182. The van der Waals surface area contributed by atoms with Crippen molar-refractivity contribution in [2.24, 2.45) is 11.8 Å². The lowest BCUT2D eigenvalue weighted by atomic mass is 10.0. The van der Waals surface area contributed by atoms with E-state index in [9.17, 15) is 0 Å². The maximum atomic E-state index is 3.57. The highest BCUT2D eigenvalue weighted by Gasteiger charge is 2.27. The minimum absolute atomic E-state index is 0.737. The molecule has 0 aliphatic carbocycles. The molecule has 1 heterocycles. The molecule has 2 unspecified atom stereocenters. The molecule has 0 aromatic rings. The third kappa shape index (κ3) is 4.12. The van der Waals surface area contributed by atoms with E-state index in [0.717, 1.165) is 31.0 Å². The summed E-state index contributed by atoms with van der Waals surface area (Å²) >= 11 is 0. The Morgan fingerprint density at radius 3 is 2.60 bits per heavy atom. The molecule has 2 heteroatoms. The average Bonchev–Trinajstić information content (AvgIpc) is 2.59. The van der Waals surface area contributed by atoms with Gasteiger partial charge in [-0.05, 0) is 37.8 Å². The standard InChI is InChI=1S/C13H28N2/c1-5-7-14-9-13(11(2)3)15-8-6-12(4)10-15/h11-14H,5-10H2,1-4H3. The van der Waals surface area contributed by atoms with Crippen LogP contribution >= 0.6 is 0 Å². The molecule has 2 nitrogen and oxygen atoms in total. The van der Waals surface area contributed by atoms with Crippen LogP contribution in [0.5, 0.6) is 0 Å². The highest BCUT2D eigenvalue weighted by molar-refractivity contribution is 4.82. The van der Waals surface area contributed by atoms with Gasteiger partial charge in [0, 0.05) is 19.1 Å². The second-order valence-corrected chi connectivity index (χ2v) is 5.40. The molecule has 1 saturated heterocycles. The molecule has 0 saturated carbocycles. The highest BCUT2D eigenvalue weighted by Crippen LogP contribution is 2.21. The van der Waals surface area contributed by atoms with E-state index < -0.39 is 0 Å². The van der Waals surface area contributed by atoms with E-state index in [0.29, 0.717) is 0 Å². The molecule has 2 atom stereocenters. The van der Waals surface area contributed by atoms with Crippen LogP contribution in [0.15, 0.2) is 0 Å². The molecule has 0 radical (unpaired) electrons. The van der Waals surface area contributed by atoms with Crippen LogP contribution < -0.4 is 5.32 Å². The summed E-state index contributed by atoms with van der Waals surface area (Å²) < 4.78 is 0. The van der Waals surface area contributed by atoms with Crippen molar-refractivity contribution in [2.45, 2.75) is 46.6 Å². The summed E-state index contributed by atoms with van der Waals surface area (Å²) in [4.78, 5) is 2.68. The molecular formula is C13H28N2. The fourth-order valence-electron chi connectivity index (χ4n) is 2.48. The largest absolute Gasteiger partial charge is 0.315 e. The Bertz CT molecular complexity index is 168. The summed E-state index contributed by atoms with van der Waals surface area (Å²) in [7, 11) is 0. The summed E-state index contributed by atoms with van der Waals surface area (Å²) in [5.74, 6) is 1.66. The van der Waals surface area contributed by atoms with Crippen LogP contribution in [0, 0.1) is 11.8 Å². The zero-order valence-corrected chi connectivity index (χ0v) is 10.9. The van der Waals surface area contributed by atoms with Gasteiger partial charge in [-0.1, -0.05) is 27.7 Å². The summed E-state index contributed by atoms with van der Waals surface area (Å²) in [6.07, 6.45) is 2.62. The third-order valence-electron chi connectivity index (χ3n) is 3.47. The Morgan fingerprint density at radius 2 is 2.13 bits per heavy atom. The van der Waals surface area contributed by atoms with Gasteiger partial charge in [-0.15, -0.1) is 0 Å². The van der Waals surface area contributed by atoms with Gasteiger partial charge < -0.3 is 5.32 Å². The predicted octanol–water partition coefficient (Wildman–Crippen LogP) is 2.35. The molecule has 0 aromatic heterocycles. The van der Waals surface area contributed by atoms with Gasteiger partial charge in [-0.3, -0.25) is 4.90 Å². The van der Waals surface area contributed by atoms with Crippen molar-refractivity contribution in [3.63, 3.8) is 0 Å². The van der Waals surface area contributed by atoms with Crippen molar-refractivity contribution >= 4 is 0 Å². The van der Waals surface area contributed by atoms with Crippen molar-refractivity contribution in [2.75, 3.05) is 26.2 Å². The zero-order valence-electron chi connectivity index (χ0n) is 10.9. The van der Waals surface area contributed by atoms with Crippen LogP contribution in [0.3, 0.4) is 0 Å². The lowest BCUT2D eigenvalue weighted by Gasteiger charge is -2.31. The van der Waals surface area contributed by atoms with Gasteiger partial charge in [-0.25, -0.2) is 0 Å². The van der Waals surface area contributed by atoms with Crippen LogP contribution in [-0.2, 0) is 0 Å².